The number of furan rings is 1. The van der Waals surface area contributed by atoms with Gasteiger partial charge in [-0.15, -0.1) is 0 Å². The van der Waals surface area contributed by atoms with Crippen molar-refractivity contribution in [1.82, 2.24) is 9.88 Å². The van der Waals surface area contributed by atoms with E-state index in [1.165, 1.54) is 0 Å². The van der Waals surface area contributed by atoms with Crippen molar-refractivity contribution in [2.45, 2.75) is 37.8 Å². The molecule has 1 amide bonds. The maximum absolute atomic E-state index is 12.9. The summed E-state index contributed by atoms with van der Waals surface area (Å²) in [6.07, 6.45) is 5.83. The fourth-order valence-electron chi connectivity index (χ4n) is 3.72. The summed E-state index contributed by atoms with van der Waals surface area (Å²) >= 11 is 0. The molecule has 1 aliphatic heterocycles. The summed E-state index contributed by atoms with van der Waals surface area (Å²) in [5.41, 5.74) is 0.364. The van der Waals surface area contributed by atoms with Crippen LogP contribution in [0.3, 0.4) is 0 Å². The predicted octanol–water partition coefficient (Wildman–Crippen LogP) is 2.42. The Hall–Kier alpha value is -2.34. The molecular formula is C18H20N2O4. The second-order valence-electron chi connectivity index (χ2n) is 6.35. The largest absolute Gasteiger partial charge is 0.463 e. The van der Waals surface area contributed by atoms with E-state index in [4.69, 9.17) is 9.15 Å². The van der Waals surface area contributed by atoms with E-state index in [-0.39, 0.29) is 29.2 Å². The van der Waals surface area contributed by atoms with Gasteiger partial charge in [0.1, 0.15) is 11.3 Å². The Morgan fingerprint density at radius 2 is 2.08 bits per heavy atom. The normalized spacial score (nSPS) is 23.8. The van der Waals surface area contributed by atoms with E-state index in [0.717, 1.165) is 25.7 Å². The highest BCUT2D eigenvalue weighted by Gasteiger charge is 2.37. The molecule has 0 bridgehead atoms. The first-order valence-corrected chi connectivity index (χ1v) is 8.44. The van der Waals surface area contributed by atoms with E-state index < -0.39 is 0 Å². The van der Waals surface area contributed by atoms with Crippen molar-refractivity contribution >= 4 is 5.91 Å². The van der Waals surface area contributed by atoms with Crippen LogP contribution in [-0.4, -0.2) is 41.1 Å². The Morgan fingerprint density at radius 1 is 1.21 bits per heavy atom. The quantitative estimate of drug-likeness (QED) is 0.918. The summed E-state index contributed by atoms with van der Waals surface area (Å²) in [7, 11) is 0. The molecule has 24 heavy (non-hydrogen) atoms. The Bertz CT molecular complexity index is 779. The van der Waals surface area contributed by atoms with E-state index >= 15 is 0 Å². The molecule has 2 atom stereocenters. The minimum absolute atomic E-state index is 0.0872. The van der Waals surface area contributed by atoms with Crippen LogP contribution in [0.4, 0.5) is 0 Å². The van der Waals surface area contributed by atoms with Crippen LogP contribution in [-0.2, 0) is 4.74 Å². The van der Waals surface area contributed by atoms with E-state index in [1.54, 1.807) is 30.5 Å². The number of nitrogens with zero attached hydrogens (tertiary/aromatic N) is 1. The lowest BCUT2D eigenvalue weighted by molar-refractivity contribution is -0.0753. The van der Waals surface area contributed by atoms with Crippen molar-refractivity contribution < 1.29 is 13.9 Å². The van der Waals surface area contributed by atoms with Crippen LogP contribution in [0.15, 0.2) is 39.7 Å². The van der Waals surface area contributed by atoms with Crippen molar-refractivity contribution in [3.63, 3.8) is 0 Å². The van der Waals surface area contributed by atoms with Gasteiger partial charge in [-0.2, -0.15) is 0 Å². The molecule has 2 aromatic rings. The number of pyridine rings is 1. The molecule has 1 N–H and O–H groups in total. The number of H-pyrrole nitrogens is 1. The first-order valence-electron chi connectivity index (χ1n) is 8.44. The number of ether oxygens (including phenoxy) is 1. The number of amides is 1. The van der Waals surface area contributed by atoms with Gasteiger partial charge >= 0.3 is 0 Å². The summed E-state index contributed by atoms with van der Waals surface area (Å²) in [6.45, 7) is 1.08. The van der Waals surface area contributed by atoms with Crippen LogP contribution in [0.1, 0.15) is 36.0 Å². The number of carbonyl (C=O) groups is 1. The lowest BCUT2D eigenvalue weighted by atomic mass is 9.90. The van der Waals surface area contributed by atoms with Gasteiger partial charge in [0.2, 0.25) is 0 Å². The van der Waals surface area contributed by atoms with E-state index in [9.17, 15) is 9.59 Å². The third-order valence-corrected chi connectivity index (χ3v) is 4.92. The molecule has 0 aromatic carbocycles. The predicted molar refractivity (Wildman–Crippen MR) is 87.8 cm³/mol. The SMILES string of the molecule is O=C(c1ccc(-c2ccco2)[nH]c1=O)N1CCO[C@H]2CCCC[C@H]21. The molecule has 3 heterocycles. The highest BCUT2D eigenvalue weighted by Crippen LogP contribution is 2.29. The van der Waals surface area contributed by atoms with Gasteiger partial charge in [0.25, 0.3) is 11.5 Å². The molecule has 0 unspecified atom stereocenters. The van der Waals surface area contributed by atoms with E-state index in [0.29, 0.717) is 24.6 Å². The summed E-state index contributed by atoms with van der Waals surface area (Å²) < 4.78 is 11.1. The molecule has 0 spiro atoms. The van der Waals surface area contributed by atoms with Crippen molar-refractivity contribution in [2.75, 3.05) is 13.2 Å². The molecule has 6 heteroatoms. The summed E-state index contributed by atoms with van der Waals surface area (Å²) in [5, 5.41) is 0. The minimum Gasteiger partial charge on any atom is -0.463 e. The van der Waals surface area contributed by atoms with Crippen molar-refractivity contribution in [2.24, 2.45) is 0 Å². The third kappa shape index (κ3) is 2.67. The highest BCUT2D eigenvalue weighted by atomic mass is 16.5. The number of hydrogen-bond acceptors (Lipinski definition) is 4. The van der Waals surface area contributed by atoms with Crippen molar-refractivity contribution in [3.05, 3.63) is 46.4 Å². The summed E-state index contributed by atoms with van der Waals surface area (Å²) in [6, 6.07) is 6.91. The Kier molecular flexibility index (Phi) is 3.98. The smallest absolute Gasteiger partial charge is 0.261 e. The van der Waals surface area contributed by atoms with E-state index in [2.05, 4.69) is 4.98 Å². The van der Waals surface area contributed by atoms with Gasteiger partial charge in [0.05, 0.1) is 30.7 Å². The number of fused-ring (bicyclic) bond motifs is 1. The van der Waals surface area contributed by atoms with Gasteiger partial charge in [-0.25, -0.2) is 0 Å². The lowest BCUT2D eigenvalue weighted by Gasteiger charge is -2.43. The molecule has 126 valence electrons. The van der Waals surface area contributed by atoms with Crippen LogP contribution in [0.25, 0.3) is 11.5 Å². The van der Waals surface area contributed by atoms with Crippen LogP contribution in [0, 0.1) is 0 Å². The number of nitrogens with one attached hydrogen (secondary N) is 1. The van der Waals surface area contributed by atoms with Gasteiger partial charge in [0, 0.05) is 6.54 Å². The Labute approximate surface area is 139 Å². The highest BCUT2D eigenvalue weighted by molar-refractivity contribution is 5.94. The molecule has 1 aliphatic carbocycles. The fourth-order valence-corrected chi connectivity index (χ4v) is 3.72. The zero-order chi connectivity index (χ0) is 16.5. The van der Waals surface area contributed by atoms with Crippen molar-refractivity contribution in [1.29, 1.82) is 0 Å². The Morgan fingerprint density at radius 3 is 2.88 bits per heavy atom. The van der Waals surface area contributed by atoms with Gasteiger partial charge in [0.15, 0.2) is 0 Å². The number of aromatic nitrogens is 1. The summed E-state index contributed by atoms with van der Waals surface area (Å²) in [5.74, 6) is 0.368. The van der Waals surface area contributed by atoms with Gasteiger partial charge in [-0.1, -0.05) is 12.8 Å². The maximum atomic E-state index is 12.9. The molecule has 2 aromatic heterocycles. The molecule has 6 nitrogen and oxygen atoms in total. The lowest BCUT2D eigenvalue weighted by Crippen LogP contribution is -2.55. The van der Waals surface area contributed by atoms with Crippen LogP contribution in [0.5, 0.6) is 0 Å². The maximum Gasteiger partial charge on any atom is 0.261 e. The van der Waals surface area contributed by atoms with E-state index in [1.807, 2.05) is 4.90 Å². The van der Waals surface area contributed by atoms with Crippen LogP contribution in [0.2, 0.25) is 0 Å². The zero-order valence-corrected chi connectivity index (χ0v) is 13.4. The first kappa shape index (κ1) is 15.2. The fraction of sp³-hybridized carbons (Fsp3) is 0.444. The Balaban J connectivity index is 1.61. The second-order valence-corrected chi connectivity index (χ2v) is 6.35. The third-order valence-electron chi connectivity index (χ3n) is 4.92. The molecular weight excluding hydrogens is 308 g/mol. The molecule has 1 saturated heterocycles. The van der Waals surface area contributed by atoms with Gasteiger partial charge in [-0.05, 0) is 37.1 Å². The molecule has 1 saturated carbocycles. The van der Waals surface area contributed by atoms with Crippen LogP contribution >= 0.6 is 0 Å². The van der Waals surface area contributed by atoms with Gasteiger partial charge in [-0.3, -0.25) is 9.59 Å². The number of rotatable bonds is 2. The molecule has 0 radical (unpaired) electrons. The zero-order valence-electron chi connectivity index (χ0n) is 13.4. The molecule has 2 aliphatic rings. The minimum atomic E-state index is -0.382. The van der Waals surface area contributed by atoms with Gasteiger partial charge < -0.3 is 19.0 Å². The van der Waals surface area contributed by atoms with Crippen molar-refractivity contribution in [3.8, 4) is 11.5 Å². The second kappa shape index (κ2) is 6.28. The topological polar surface area (TPSA) is 75.5 Å². The summed E-state index contributed by atoms with van der Waals surface area (Å²) in [4.78, 5) is 29.9. The number of aromatic amines is 1. The monoisotopic (exact) mass is 328 g/mol. The number of hydrogen-bond donors (Lipinski definition) is 1. The molecule has 2 fully saturated rings. The number of morpholine rings is 1. The average Bonchev–Trinajstić information content (AvgIpc) is 3.15. The average molecular weight is 328 g/mol. The standard InChI is InChI=1S/C18H20N2O4/c21-17-12(7-8-13(19-17)15-6-3-10-23-15)18(22)20-9-11-24-16-5-2-1-4-14(16)20/h3,6-8,10,14,16H,1-2,4-5,9,11H2,(H,19,21)/t14-,16+/m1/s1. The first-order chi connectivity index (χ1) is 11.7. The molecule has 4 rings (SSSR count). The number of carbonyl (C=O) groups excluding carboxylic acids is 1. The van der Waals surface area contributed by atoms with Crippen LogP contribution < -0.4 is 5.56 Å².